The summed E-state index contributed by atoms with van der Waals surface area (Å²) in [5.74, 6) is -0.883. The van der Waals surface area contributed by atoms with Gasteiger partial charge in [0.2, 0.25) is 0 Å². The Bertz CT molecular complexity index is 673. The summed E-state index contributed by atoms with van der Waals surface area (Å²) in [5.41, 5.74) is 1.76. The highest BCUT2D eigenvalue weighted by Crippen LogP contribution is 2.36. The molecule has 1 fully saturated rings. The molecular weight excluding hydrogens is 332 g/mol. The first-order valence-corrected chi connectivity index (χ1v) is 8.85. The lowest BCUT2D eigenvalue weighted by Gasteiger charge is -2.26. The van der Waals surface area contributed by atoms with Gasteiger partial charge >= 0.3 is 0 Å². The smallest absolute Gasteiger partial charge is 0.164 e. The van der Waals surface area contributed by atoms with Gasteiger partial charge in [0, 0.05) is 0 Å². The first-order valence-electron chi connectivity index (χ1n) is 8.85. The molecule has 1 saturated heterocycles. The number of hydrogen-bond donors (Lipinski definition) is 2. The minimum Gasteiger partial charge on any atom is -0.388 e. The van der Waals surface area contributed by atoms with Gasteiger partial charge in [0.25, 0.3) is 0 Å². The van der Waals surface area contributed by atoms with Gasteiger partial charge < -0.3 is 24.4 Å². The minimum absolute atomic E-state index is 0.0943. The molecule has 1 aliphatic heterocycles. The maximum absolute atomic E-state index is 10.7. The van der Waals surface area contributed by atoms with Gasteiger partial charge in [0.05, 0.1) is 13.2 Å². The number of benzene rings is 2. The van der Waals surface area contributed by atoms with E-state index in [0.29, 0.717) is 6.61 Å². The van der Waals surface area contributed by atoms with Crippen molar-refractivity contribution in [2.24, 2.45) is 0 Å². The number of hydrogen-bond acceptors (Lipinski definition) is 5. The zero-order valence-electron chi connectivity index (χ0n) is 15.1. The standard InChI is InChI=1S/C21H26O5/c1-21(2)25-19(17(22)14-24-13-15-9-5-3-6-10-15)20(26-21)18(23)16-11-7-4-8-12-16/h3-12,17-20,22-23H,13-14H2,1-2H3/t17-,18+,19-,20+/m1/s1. The van der Waals surface area contributed by atoms with Crippen LogP contribution in [0.1, 0.15) is 31.1 Å². The van der Waals surface area contributed by atoms with Gasteiger partial charge in [-0.15, -0.1) is 0 Å². The van der Waals surface area contributed by atoms with E-state index in [1.165, 1.54) is 0 Å². The van der Waals surface area contributed by atoms with E-state index in [1.54, 1.807) is 13.8 Å². The van der Waals surface area contributed by atoms with Gasteiger partial charge in [-0.3, -0.25) is 0 Å². The van der Waals surface area contributed by atoms with Gasteiger partial charge in [-0.2, -0.15) is 0 Å². The normalized spacial score (nSPS) is 24.3. The maximum Gasteiger partial charge on any atom is 0.164 e. The molecule has 4 atom stereocenters. The summed E-state index contributed by atoms with van der Waals surface area (Å²) in [5, 5.41) is 21.3. The van der Waals surface area contributed by atoms with Crippen LogP contribution >= 0.6 is 0 Å². The van der Waals surface area contributed by atoms with Crippen LogP contribution in [0.5, 0.6) is 0 Å². The van der Waals surface area contributed by atoms with Crippen LogP contribution in [0, 0.1) is 0 Å². The molecule has 0 amide bonds. The first-order chi connectivity index (χ1) is 12.5. The summed E-state index contributed by atoms with van der Waals surface area (Å²) in [6.45, 7) is 4.04. The van der Waals surface area contributed by atoms with Gasteiger partial charge in [-0.1, -0.05) is 60.7 Å². The Morgan fingerprint density at radius 1 is 0.923 bits per heavy atom. The second-order valence-electron chi connectivity index (χ2n) is 6.99. The van der Waals surface area contributed by atoms with Crippen molar-refractivity contribution in [2.75, 3.05) is 6.61 Å². The predicted molar refractivity (Wildman–Crippen MR) is 97.3 cm³/mol. The van der Waals surface area contributed by atoms with Crippen molar-refractivity contribution in [1.29, 1.82) is 0 Å². The van der Waals surface area contributed by atoms with Crippen LogP contribution in [-0.2, 0) is 20.8 Å². The van der Waals surface area contributed by atoms with E-state index in [2.05, 4.69) is 0 Å². The van der Waals surface area contributed by atoms with Crippen molar-refractivity contribution in [2.45, 2.75) is 50.7 Å². The SMILES string of the molecule is CC1(C)O[C@@H]([C@@H](O)c2ccccc2)[C@@H]([C@H](O)COCc2ccccc2)O1. The van der Waals surface area contributed by atoms with E-state index in [0.717, 1.165) is 11.1 Å². The Morgan fingerprint density at radius 2 is 1.50 bits per heavy atom. The van der Waals surface area contributed by atoms with Crippen LogP contribution < -0.4 is 0 Å². The molecule has 0 bridgehead atoms. The Hall–Kier alpha value is -1.76. The molecule has 1 aliphatic rings. The highest BCUT2D eigenvalue weighted by atomic mass is 16.8. The number of rotatable bonds is 7. The highest BCUT2D eigenvalue weighted by Gasteiger charge is 2.48. The summed E-state index contributed by atoms with van der Waals surface area (Å²) in [6.07, 6.45) is -3.17. The molecule has 3 rings (SSSR count). The minimum atomic E-state index is -0.913. The topological polar surface area (TPSA) is 68.2 Å². The van der Waals surface area contributed by atoms with Gasteiger partial charge in [0.15, 0.2) is 5.79 Å². The van der Waals surface area contributed by atoms with Gasteiger partial charge in [0.1, 0.15) is 24.4 Å². The molecule has 1 heterocycles. The molecule has 26 heavy (non-hydrogen) atoms. The number of aliphatic hydroxyl groups is 2. The van der Waals surface area contributed by atoms with Crippen molar-refractivity contribution in [3.05, 3.63) is 71.8 Å². The molecule has 140 valence electrons. The summed E-state index contributed by atoms with van der Waals surface area (Å²) < 4.78 is 17.4. The number of ether oxygens (including phenoxy) is 3. The van der Waals surface area contributed by atoms with Crippen molar-refractivity contribution >= 4 is 0 Å². The van der Waals surface area contributed by atoms with Crippen LogP contribution in [0.15, 0.2) is 60.7 Å². The molecule has 0 aromatic heterocycles. The Morgan fingerprint density at radius 3 is 2.15 bits per heavy atom. The van der Waals surface area contributed by atoms with Crippen molar-refractivity contribution < 1.29 is 24.4 Å². The zero-order chi connectivity index (χ0) is 18.6. The quantitative estimate of drug-likeness (QED) is 0.797. The third-order valence-electron chi connectivity index (χ3n) is 4.40. The average molecular weight is 358 g/mol. The van der Waals surface area contributed by atoms with Crippen LogP contribution in [0.3, 0.4) is 0 Å². The van der Waals surface area contributed by atoms with Crippen LogP contribution in [0.2, 0.25) is 0 Å². The predicted octanol–water partition coefficient (Wildman–Crippen LogP) is 2.82. The summed E-state index contributed by atoms with van der Waals surface area (Å²) in [7, 11) is 0. The zero-order valence-corrected chi connectivity index (χ0v) is 15.1. The van der Waals surface area contributed by atoms with E-state index < -0.39 is 30.2 Å². The fraction of sp³-hybridized carbons (Fsp3) is 0.429. The molecule has 5 nitrogen and oxygen atoms in total. The lowest BCUT2D eigenvalue weighted by atomic mass is 9.98. The lowest BCUT2D eigenvalue weighted by Crippen LogP contribution is -2.41. The fourth-order valence-corrected chi connectivity index (χ4v) is 3.17. The van der Waals surface area contributed by atoms with E-state index in [1.807, 2.05) is 60.7 Å². The molecule has 0 spiro atoms. The van der Waals surface area contributed by atoms with Crippen molar-refractivity contribution in [1.82, 2.24) is 0 Å². The van der Waals surface area contributed by atoms with E-state index >= 15 is 0 Å². The van der Waals surface area contributed by atoms with Crippen molar-refractivity contribution in [3.63, 3.8) is 0 Å². The second-order valence-corrected chi connectivity index (χ2v) is 6.99. The van der Waals surface area contributed by atoms with Crippen molar-refractivity contribution in [3.8, 4) is 0 Å². The fourth-order valence-electron chi connectivity index (χ4n) is 3.17. The molecule has 0 aliphatic carbocycles. The summed E-state index contributed by atoms with van der Waals surface area (Å²) in [4.78, 5) is 0. The van der Waals surface area contributed by atoms with Crippen LogP contribution in [0.25, 0.3) is 0 Å². The lowest BCUT2D eigenvalue weighted by molar-refractivity contribution is -0.163. The molecule has 5 heteroatoms. The van der Waals surface area contributed by atoms with Crippen LogP contribution in [0.4, 0.5) is 0 Å². The van der Waals surface area contributed by atoms with E-state index in [-0.39, 0.29) is 6.61 Å². The molecule has 2 aromatic carbocycles. The monoisotopic (exact) mass is 358 g/mol. The number of aliphatic hydroxyl groups excluding tert-OH is 2. The Balaban J connectivity index is 1.63. The van der Waals surface area contributed by atoms with Gasteiger partial charge in [-0.05, 0) is 25.0 Å². The third-order valence-corrected chi connectivity index (χ3v) is 4.40. The summed E-state index contributed by atoms with van der Waals surface area (Å²) >= 11 is 0. The molecule has 0 saturated carbocycles. The van der Waals surface area contributed by atoms with Crippen LogP contribution in [-0.4, -0.2) is 40.9 Å². The Labute approximate surface area is 154 Å². The van der Waals surface area contributed by atoms with Gasteiger partial charge in [-0.25, -0.2) is 0 Å². The molecule has 2 N–H and O–H groups in total. The average Bonchev–Trinajstić information content (AvgIpc) is 2.98. The van der Waals surface area contributed by atoms with E-state index in [4.69, 9.17) is 14.2 Å². The molecule has 0 radical (unpaired) electrons. The molecule has 0 unspecified atom stereocenters. The third kappa shape index (κ3) is 4.69. The summed E-state index contributed by atoms with van der Waals surface area (Å²) in [6, 6.07) is 19.0. The largest absolute Gasteiger partial charge is 0.388 e. The Kier molecular flexibility index (Phi) is 6.06. The highest BCUT2D eigenvalue weighted by molar-refractivity contribution is 5.19. The second kappa shape index (κ2) is 8.29. The van der Waals surface area contributed by atoms with E-state index in [9.17, 15) is 10.2 Å². The maximum atomic E-state index is 10.7. The molecule has 2 aromatic rings. The first kappa shape index (κ1) is 19.0. The molecular formula is C21H26O5.